The van der Waals surface area contributed by atoms with Crippen LogP contribution < -0.4 is 5.32 Å². The second kappa shape index (κ2) is 7.27. The maximum Gasteiger partial charge on any atom is 0.304 e. The summed E-state index contributed by atoms with van der Waals surface area (Å²) in [5, 5.41) is 11.5. The number of nitrogens with one attached hydrogen (secondary N) is 1. The number of rotatable bonds is 7. The Morgan fingerprint density at radius 1 is 1.33 bits per heavy atom. The van der Waals surface area contributed by atoms with Crippen molar-refractivity contribution in [2.24, 2.45) is 5.92 Å². The molecule has 4 nitrogen and oxygen atoms in total. The quantitative estimate of drug-likeness (QED) is 0.719. The number of carboxylic acid groups (broad SMARTS) is 1. The highest BCUT2D eigenvalue weighted by molar-refractivity contribution is 5.83. The molecule has 1 aromatic carbocycles. The smallest absolute Gasteiger partial charge is 0.304 e. The van der Waals surface area contributed by atoms with E-state index in [1.54, 1.807) is 6.08 Å². The molecule has 1 aromatic rings. The van der Waals surface area contributed by atoms with Gasteiger partial charge in [-0.1, -0.05) is 36.4 Å². The summed E-state index contributed by atoms with van der Waals surface area (Å²) in [4.78, 5) is 22.6. The molecular weight excluding hydrogens is 230 g/mol. The van der Waals surface area contributed by atoms with Crippen molar-refractivity contribution in [1.29, 1.82) is 0 Å². The second-order valence-corrected chi connectivity index (χ2v) is 4.02. The molecule has 2 N–H and O–H groups in total. The molecule has 0 saturated carbocycles. The molecule has 96 valence electrons. The van der Waals surface area contributed by atoms with Crippen molar-refractivity contribution in [2.45, 2.75) is 12.8 Å². The lowest BCUT2D eigenvalue weighted by molar-refractivity contribution is -0.141. The predicted octanol–water partition coefficient (Wildman–Crippen LogP) is 1.62. The van der Waals surface area contributed by atoms with Crippen molar-refractivity contribution in [3.05, 3.63) is 48.6 Å². The fourth-order valence-corrected chi connectivity index (χ4v) is 1.68. The van der Waals surface area contributed by atoms with Crippen molar-refractivity contribution in [2.75, 3.05) is 6.54 Å². The minimum atomic E-state index is -0.968. The lowest BCUT2D eigenvalue weighted by Gasteiger charge is -2.14. The van der Waals surface area contributed by atoms with Crippen LogP contribution in [0.4, 0.5) is 0 Å². The number of carbonyl (C=O) groups excluding carboxylic acids is 1. The van der Waals surface area contributed by atoms with Gasteiger partial charge in [-0.2, -0.15) is 0 Å². The Labute approximate surface area is 106 Å². The van der Waals surface area contributed by atoms with Gasteiger partial charge >= 0.3 is 5.97 Å². The van der Waals surface area contributed by atoms with Crippen molar-refractivity contribution in [3.63, 3.8) is 0 Å². The molecule has 4 heteroatoms. The molecule has 0 unspecified atom stereocenters. The summed E-state index contributed by atoms with van der Waals surface area (Å²) in [6.07, 6.45) is 1.83. The third kappa shape index (κ3) is 4.82. The molecule has 0 bridgehead atoms. The summed E-state index contributed by atoms with van der Waals surface area (Å²) < 4.78 is 0. The number of aliphatic carboxylic acids is 1. The van der Waals surface area contributed by atoms with E-state index in [1.165, 1.54) is 0 Å². The molecule has 1 amide bonds. The van der Waals surface area contributed by atoms with Crippen molar-refractivity contribution in [1.82, 2.24) is 5.32 Å². The fourth-order valence-electron chi connectivity index (χ4n) is 1.68. The van der Waals surface area contributed by atoms with Crippen LogP contribution in [0.3, 0.4) is 0 Å². The highest BCUT2D eigenvalue weighted by atomic mass is 16.4. The van der Waals surface area contributed by atoms with E-state index in [4.69, 9.17) is 5.11 Å². The molecule has 0 radical (unpaired) electrons. The van der Waals surface area contributed by atoms with Crippen LogP contribution in [0.1, 0.15) is 12.0 Å². The normalized spacial score (nSPS) is 11.6. The molecule has 0 aliphatic carbocycles. The highest BCUT2D eigenvalue weighted by Crippen LogP contribution is 2.12. The average molecular weight is 247 g/mol. The summed E-state index contributed by atoms with van der Waals surface area (Å²) in [6, 6.07) is 9.39. The van der Waals surface area contributed by atoms with E-state index in [-0.39, 0.29) is 12.3 Å². The number of benzene rings is 1. The van der Waals surface area contributed by atoms with E-state index >= 15 is 0 Å². The lowest BCUT2D eigenvalue weighted by atomic mass is 9.95. The zero-order chi connectivity index (χ0) is 13.4. The van der Waals surface area contributed by atoms with Gasteiger partial charge in [-0.15, -0.1) is 6.58 Å². The summed E-state index contributed by atoms with van der Waals surface area (Å²) in [7, 11) is 0. The zero-order valence-electron chi connectivity index (χ0n) is 10.1. The Balaban J connectivity index is 2.68. The molecule has 18 heavy (non-hydrogen) atoms. The Hall–Kier alpha value is -2.10. The van der Waals surface area contributed by atoms with E-state index in [1.807, 2.05) is 30.3 Å². The SMILES string of the molecule is C=CCNC(=O)[C@H](CC(=O)O)Cc1ccccc1. The van der Waals surface area contributed by atoms with Crippen LogP contribution in [0.15, 0.2) is 43.0 Å². The number of carboxylic acids is 1. The molecule has 0 fully saturated rings. The van der Waals surface area contributed by atoms with E-state index in [9.17, 15) is 9.59 Å². The maximum absolute atomic E-state index is 11.8. The van der Waals surface area contributed by atoms with Gasteiger partial charge in [0.15, 0.2) is 0 Å². The molecule has 0 spiro atoms. The number of hydrogen-bond donors (Lipinski definition) is 2. The number of carbonyl (C=O) groups is 2. The Bertz CT molecular complexity index is 414. The van der Waals surface area contributed by atoms with Crippen LogP contribution in [-0.2, 0) is 16.0 Å². The lowest BCUT2D eigenvalue weighted by Crippen LogP contribution is -2.33. The molecule has 1 atom stereocenters. The van der Waals surface area contributed by atoms with E-state index in [2.05, 4.69) is 11.9 Å². The largest absolute Gasteiger partial charge is 0.481 e. The van der Waals surface area contributed by atoms with Crippen molar-refractivity contribution in [3.8, 4) is 0 Å². The van der Waals surface area contributed by atoms with Crippen LogP contribution >= 0.6 is 0 Å². The summed E-state index contributed by atoms with van der Waals surface area (Å²) in [5.41, 5.74) is 0.956. The van der Waals surface area contributed by atoms with E-state index in [0.717, 1.165) is 5.56 Å². The topological polar surface area (TPSA) is 66.4 Å². The maximum atomic E-state index is 11.8. The average Bonchev–Trinajstić information content (AvgIpc) is 2.36. The summed E-state index contributed by atoms with van der Waals surface area (Å²) in [5.74, 6) is -1.77. The molecule has 1 rings (SSSR count). The first-order valence-electron chi connectivity index (χ1n) is 5.77. The van der Waals surface area contributed by atoms with Crippen molar-refractivity contribution >= 4 is 11.9 Å². The molecule has 0 aliphatic heterocycles. The van der Waals surface area contributed by atoms with Gasteiger partial charge in [-0.05, 0) is 12.0 Å². The molecular formula is C14H17NO3. The van der Waals surface area contributed by atoms with Crippen LogP contribution in [0.2, 0.25) is 0 Å². The van der Waals surface area contributed by atoms with Gasteiger partial charge in [0.1, 0.15) is 0 Å². The molecule has 0 aromatic heterocycles. The third-order valence-corrected chi connectivity index (χ3v) is 2.54. The van der Waals surface area contributed by atoms with Crippen LogP contribution in [-0.4, -0.2) is 23.5 Å². The van der Waals surface area contributed by atoms with Gasteiger partial charge < -0.3 is 10.4 Å². The Kier molecular flexibility index (Phi) is 5.64. The van der Waals surface area contributed by atoms with Gasteiger partial charge in [0.2, 0.25) is 5.91 Å². The van der Waals surface area contributed by atoms with Gasteiger partial charge in [0.05, 0.1) is 12.3 Å². The first-order valence-corrected chi connectivity index (χ1v) is 5.77. The van der Waals surface area contributed by atoms with Crippen molar-refractivity contribution < 1.29 is 14.7 Å². The predicted molar refractivity (Wildman–Crippen MR) is 69.1 cm³/mol. The Morgan fingerprint density at radius 3 is 2.56 bits per heavy atom. The highest BCUT2D eigenvalue weighted by Gasteiger charge is 2.21. The standard InChI is InChI=1S/C14H17NO3/c1-2-8-15-14(18)12(10-13(16)17)9-11-6-4-3-5-7-11/h2-7,12H,1,8-10H2,(H,15,18)(H,16,17)/t12-/m0/s1. The summed E-state index contributed by atoms with van der Waals surface area (Å²) >= 11 is 0. The van der Waals surface area contributed by atoms with E-state index < -0.39 is 11.9 Å². The number of amides is 1. The Morgan fingerprint density at radius 2 is 2.00 bits per heavy atom. The molecule has 0 saturated heterocycles. The fraction of sp³-hybridized carbons (Fsp3) is 0.286. The van der Waals surface area contributed by atoms with Crippen LogP contribution in [0, 0.1) is 5.92 Å². The zero-order valence-corrected chi connectivity index (χ0v) is 10.1. The second-order valence-electron chi connectivity index (χ2n) is 4.02. The van der Waals surface area contributed by atoms with Gasteiger partial charge in [0, 0.05) is 6.54 Å². The van der Waals surface area contributed by atoms with Gasteiger partial charge in [-0.25, -0.2) is 0 Å². The molecule has 0 heterocycles. The minimum absolute atomic E-state index is 0.169. The monoisotopic (exact) mass is 247 g/mol. The third-order valence-electron chi connectivity index (χ3n) is 2.54. The van der Waals surface area contributed by atoms with E-state index in [0.29, 0.717) is 13.0 Å². The molecule has 0 aliphatic rings. The summed E-state index contributed by atoms with van der Waals surface area (Å²) in [6.45, 7) is 3.86. The van der Waals surface area contributed by atoms with Gasteiger partial charge in [0.25, 0.3) is 0 Å². The van der Waals surface area contributed by atoms with Gasteiger partial charge in [-0.3, -0.25) is 9.59 Å². The van der Waals surface area contributed by atoms with Crippen LogP contribution in [0.5, 0.6) is 0 Å². The first kappa shape index (κ1) is 14.0. The first-order chi connectivity index (χ1) is 8.63. The minimum Gasteiger partial charge on any atom is -0.481 e. The van der Waals surface area contributed by atoms with Crippen LogP contribution in [0.25, 0.3) is 0 Å². The number of hydrogen-bond acceptors (Lipinski definition) is 2.